The molecule has 1 aromatic heterocycles. The largest absolute Gasteiger partial charge is 0.493 e. The highest BCUT2D eigenvalue weighted by Crippen LogP contribution is 2.28. The number of hydrogen-bond acceptors (Lipinski definition) is 5. The number of methoxy groups -OCH3 is 2. The molecule has 5 nitrogen and oxygen atoms in total. The first-order valence-electron chi connectivity index (χ1n) is 8.21. The smallest absolute Gasteiger partial charge is 0.226 e. The van der Waals surface area contributed by atoms with Crippen LogP contribution in [0.1, 0.15) is 12.0 Å². The molecule has 0 aliphatic carbocycles. The summed E-state index contributed by atoms with van der Waals surface area (Å²) in [5, 5.41) is 5.42. The van der Waals surface area contributed by atoms with Crippen molar-refractivity contribution in [3.8, 4) is 22.8 Å². The average Bonchev–Trinajstić information content (AvgIpc) is 3.15. The minimum atomic E-state index is -0.0613. The van der Waals surface area contributed by atoms with Gasteiger partial charge in [-0.1, -0.05) is 36.4 Å². The van der Waals surface area contributed by atoms with Gasteiger partial charge in [-0.3, -0.25) is 4.79 Å². The minimum Gasteiger partial charge on any atom is -0.493 e. The number of amides is 1. The SMILES string of the molecule is COc1ccc(CCC(=O)Nc2nc(-c3ccccc3)cs2)cc1OC. The molecule has 0 fully saturated rings. The van der Waals surface area contributed by atoms with E-state index in [2.05, 4.69) is 10.3 Å². The normalized spacial score (nSPS) is 10.4. The van der Waals surface area contributed by atoms with E-state index < -0.39 is 0 Å². The van der Waals surface area contributed by atoms with Gasteiger partial charge in [-0.15, -0.1) is 11.3 Å². The summed E-state index contributed by atoms with van der Waals surface area (Å²) in [6.07, 6.45) is 0.985. The maximum Gasteiger partial charge on any atom is 0.226 e. The fraction of sp³-hybridized carbons (Fsp3) is 0.200. The molecule has 3 rings (SSSR count). The Bertz CT molecular complexity index is 878. The molecule has 1 amide bonds. The van der Waals surface area contributed by atoms with E-state index in [9.17, 15) is 4.79 Å². The van der Waals surface area contributed by atoms with Crippen molar-refractivity contribution in [1.82, 2.24) is 4.98 Å². The second-order valence-electron chi connectivity index (χ2n) is 5.64. The highest BCUT2D eigenvalue weighted by atomic mass is 32.1. The first-order valence-corrected chi connectivity index (χ1v) is 9.09. The van der Waals surface area contributed by atoms with Crippen molar-refractivity contribution in [2.24, 2.45) is 0 Å². The monoisotopic (exact) mass is 368 g/mol. The van der Waals surface area contributed by atoms with Crippen LogP contribution in [0.2, 0.25) is 0 Å². The van der Waals surface area contributed by atoms with E-state index in [1.165, 1.54) is 11.3 Å². The van der Waals surface area contributed by atoms with Gasteiger partial charge < -0.3 is 14.8 Å². The molecule has 0 bridgehead atoms. The summed E-state index contributed by atoms with van der Waals surface area (Å²) in [7, 11) is 3.20. The Labute approximate surface area is 156 Å². The first-order chi connectivity index (χ1) is 12.7. The molecule has 0 spiro atoms. The van der Waals surface area contributed by atoms with E-state index in [1.807, 2.05) is 53.9 Å². The van der Waals surface area contributed by atoms with Crippen molar-refractivity contribution >= 4 is 22.4 Å². The Kier molecular flexibility index (Phi) is 5.86. The lowest BCUT2D eigenvalue weighted by Gasteiger charge is -2.09. The van der Waals surface area contributed by atoms with E-state index in [0.29, 0.717) is 29.5 Å². The van der Waals surface area contributed by atoms with Crippen molar-refractivity contribution in [2.45, 2.75) is 12.8 Å². The second kappa shape index (κ2) is 8.49. The summed E-state index contributed by atoms with van der Waals surface area (Å²) in [5.74, 6) is 1.28. The van der Waals surface area contributed by atoms with Crippen LogP contribution in [0.25, 0.3) is 11.3 Å². The van der Waals surface area contributed by atoms with Gasteiger partial charge in [-0.25, -0.2) is 4.98 Å². The van der Waals surface area contributed by atoms with Gasteiger partial charge in [0.15, 0.2) is 16.6 Å². The van der Waals surface area contributed by atoms with Gasteiger partial charge in [0.05, 0.1) is 19.9 Å². The van der Waals surface area contributed by atoms with Crippen LogP contribution in [-0.2, 0) is 11.2 Å². The van der Waals surface area contributed by atoms with E-state index >= 15 is 0 Å². The van der Waals surface area contributed by atoms with Gasteiger partial charge in [-0.2, -0.15) is 0 Å². The van der Waals surface area contributed by atoms with Gasteiger partial charge in [0.1, 0.15) is 0 Å². The van der Waals surface area contributed by atoms with Crippen molar-refractivity contribution in [1.29, 1.82) is 0 Å². The molecule has 0 atom stereocenters. The topological polar surface area (TPSA) is 60.5 Å². The third kappa shape index (κ3) is 4.40. The van der Waals surface area contributed by atoms with Gasteiger partial charge >= 0.3 is 0 Å². The van der Waals surface area contributed by atoms with Gasteiger partial charge in [-0.05, 0) is 24.1 Å². The molecule has 6 heteroatoms. The zero-order valence-corrected chi connectivity index (χ0v) is 15.5. The molecule has 26 heavy (non-hydrogen) atoms. The predicted octanol–water partition coefficient (Wildman–Crippen LogP) is 4.40. The maximum atomic E-state index is 12.2. The summed E-state index contributed by atoms with van der Waals surface area (Å²) >= 11 is 1.43. The number of carbonyl (C=O) groups is 1. The van der Waals surface area contributed by atoms with Gasteiger partial charge in [0, 0.05) is 17.4 Å². The third-order valence-electron chi connectivity index (χ3n) is 3.91. The fourth-order valence-electron chi connectivity index (χ4n) is 2.55. The average molecular weight is 368 g/mol. The van der Waals surface area contributed by atoms with E-state index in [4.69, 9.17) is 9.47 Å². The summed E-state index contributed by atoms with van der Waals surface area (Å²) in [6, 6.07) is 15.6. The van der Waals surface area contributed by atoms with Crippen molar-refractivity contribution in [3.05, 3.63) is 59.5 Å². The number of carbonyl (C=O) groups excluding carboxylic acids is 1. The molecule has 0 saturated heterocycles. The van der Waals surface area contributed by atoms with Crippen molar-refractivity contribution in [3.63, 3.8) is 0 Å². The number of rotatable bonds is 7. The molecule has 3 aromatic rings. The van der Waals surface area contributed by atoms with Gasteiger partial charge in [0.25, 0.3) is 0 Å². The summed E-state index contributed by atoms with van der Waals surface area (Å²) < 4.78 is 10.5. The van der Waals surface area contributed by atoms with E-state index in [1.54, 1.807) is 14.2 Å². The van der Waals surface area contributed by atoms with Crippen LogP contribution < -0.4 is 14.8 Å². The fourth-order valence-corrected chi connectivity index (χ4v) is 3.28. The minimum absolute atomic E-state index is 0.0613. The maximum absolute atomic E-state index is 12.2. The zero-order valence-electron chi connectivity index (χ0n) is 14.7. The van der Waals surface area contributed by atoms with E-state index in [-0.39, 0.29) is 5.91 Å². The van der Waals surface area contributed by atoms with Crippen LogP contribution in [0, 0.1) is 0 Å². The van der Waals surface area contributed by atoms with Gasteiger partial charge in [0.2, 0.25) is 5.91 Å². The lowest BCUT2D eigenvalue weighted by Crippen LogP contribution is -2.12. The van der Waals surface area contributed by atoms with Crippen LogP contribution in [0.3, 0.4) is 0 Å². The number of nitrogens with zero attached hydrogens (tertiary/aromatic N) is 1. The molecular formula is C20H20N2O3S. The predicted molar refractivity (Wildman–Crippen MR) is 104 cm³/mol. The molecule has 1 heterocycles. The Balaban J connectivity index is 1.57. The van der Waals surface area contributed by atoms with Crippen LogP contribution in [0.15, 0.2) is 53.9 Å². The van der Waals surface area contributed by atoms with Crippen molar-refractivity contribution in [2.75, 3.05) is 19.5 Å². The summed E-state index contributed by atoms with van der Waals surface area (Å²) in [5.41, 5.74) is 2.92. The number of thiazole rings is 1. The molecule has 0 unspecified atom stereocenters. The molecular weight excluding hydrogens is 348 g/mol. The van der Waals surface area contributed by atoms with E-state index in [0.717, 1.165) is 16.8 Å². The summed E-state index contributed by atoms with van der Waals surface area (Å²) in [6.45, 7) is 0. The second-order valence-corrected chi connectivity index (χ2v) is 6.50. The Morgan fingerprint density at radius 3 is 2.58 bits per heavy atom. The zero-order chi connectivity index (χ0) is 18.4. The molecule has 2 aromatic carbocycles. The van der Waals surface area contributed by atoms with Crippen LogP contribution >= 0.6 is 11.3 Å². The lowest BCUT2D eigenvalue weighted by molar-refractivity contribution is -0.116. The number of benzene rings is 2. The highest BCUT2D eigenvalue weighted by Gasteiger charge is 2.10. The number of aromatic nitrogens is 1. The number of nitrogens with one attached hydrogen (secondary N) is 1. The van der Waals surface area contributed by atoms with Crippen LogP contribution in [0.5, 0.6) is 11.5 Å². The Hall–Kier alpha value is -2.86. The number of ether oxygens (including phenoxy) is 2. The first kappa shape index (κ1) is 17.9. The Morgan fingerprint density at radius 2 is 1.85 bits per heavy atom. The molecule has 1 N–H and O–H groups in total. The standard InChI is InChI=1S/C20H20N2O3S/c1-24-17-10-8-14(12-18(17)25-2)9-11-19(23)22-20-21-16(13-26-20)15-6-4-3-5-7-15/h3-8,10,12-13H,9,11H2,1-2H3,(H,21,22,23). The molecule has 0 radical (unpaired) electrons. The van der Waals surface area contributed by atoms with Crippen LogP contribution in [0.4, 0.5) is 5.13 Å². The number of anilines is 1. The number of hydrogen-bond donors (Lipinski definition) is 1. The molecule has 0 aliphatic rings. The van der Waals surface area contributed by atoms with Crippen LogP contribution in [-0.4, -0.2) is 25.1 Å². The highest BCUT2D eigenvalue weighted by molar-refractivity contribution is 7.14. The summed E-state index contributed by atoms with van der Waals surface area (Å²) in [4.78, 5) is 16.7. The molecule has 0 saturated carbocycles. The number of aryl methyl sites for hydroxylation is 1. The third-order valence-corrected chi connectivity index (χ3v) is 4.67. The Morgan fingerprint density at radius 1 is 1.08 bits per heavy atom. The molecule has 0 aliphatic heterocycles. The quantitative estimate of drug-likeness (QED) is 0.671. The lowest BCUT2D eigenvalue weighted by atomic mass is 10.1. The molecule has 134 valence electrons. The van der Waals surface area contributed by atoms with Crippen molar-refractivity contribution < 1.29 is 14.3 Å².